The summed E-state index contributed by atoms with van der Waals surface area (Å²) in [5, 5.41) is 4.19. The third kappa shape index (κ3) is 2.26. The van der Waals surface area contributed by atoms with Crippen molar-refractivity contribution < 1.29 is 9.53 Å². The van der Waals surface area contributed by atoms with Crippen molar-refractivity contribution in [3.63, 3.8) is 0 Å². The molecule has 4 atom stereocenters. The van der Waals surface area contributed by atoms with E-state index in [0.717, 1.165) is 16.8 Å². The van der Waals surface area contributed by atoms with Gasteiger partial charge >= 0.3 is 5.97 Å². The van der Waals surface area contributed by atoms with Crippen LogP contribution in [-0.4, -0.2) is 23.5 Å². The number of nitrogens with one attached hydrogen (secondary N) is 1. The van der Waals surface area contributed by atoms with Crippen molar-refractivity contribution in [1.29, 1.82) is 0 Å². The second kappa shape index (κ2) is 5.24. The molecule has 2 aliphatic rings. The lowest BCUT2D eigenvalue weighted by Gasteiger charge is -2.28. The Morgan fingerprint density at radius 2 is 2.30 bits per heavy atom. The van der Waals surface area contributed by atoms with Crippen molar-refractivity contribution in [1.82, 2.24) is 4.37 Å². The van der Waals surface area contributed by atoms with Crippen LogP contribution in [0.4, 0.5) is 10.8 Å². The van der Waals surface area contributed by atoms with Crippen LogP contribution in [0.15, 0.2) is 0 Å². The number of esters is 1. The maximum Gasteiger partial charge on any atom is 0.344 e. The summed E-state index contributed by atoms with van der Waals surface area (Å²) in [5.74, 6) is 2.29. The lowest BCUT2D eigenvalue weighted by molar-refractivity contribution is 0.0603. The standard InChI is InChI=1S/C14H21N3O2S/c1-7(10-6-8-3-4-9(10)5-8)16-13-11(14(18)19-2)12(15)17-20-13/h7-10,16H,3-6H2,1-2H3,(H2,15,17). The van der Waals surface area contributed by atoms with Crippen LogP contribution in [-0.2, 0) is 4.74 Å². The molecule has 0 spiro atoms. The minimum absolute atomic E-state index is 0.254. The fourth-order valence-electron chi connectivity index (χ4n) is 3.92. The largest absolute Gasteiger partial charge is 0.465 e. The lowest BCUT2D eigenvalue weighted by atomic mass is 9.84. The van der Waals surface area contributed by atoms with E-state index in [4.69, 9.17) is 10.5 Å². The summed E-state index contributed by atoms with van der Waals surface area (Å²) in [6.45, 7) is 2.20. The number of carbonyl (C=O) groups excluding carboxylic acids is 1. The first-order valence-electron chi connectivity index (χ1n) is 7.20. The Labute approximate surface area is 123 Å². The zero-order valence-corrected chi connectivity index (χ0v) is 12.7. The number of anilines is 2. The van der Waals surface area contributed by atoms with Crippen LogP contribution < -0.4 is 11.1 Å². The van der Waals surface area contributed by atoms with Gasteiger partial charge in [0.2, 0.25) is 0 Å². The zero-order valence-electron chi connectivity index (χ0n) is 11.9. The first kappa shape index (κ1) is 13.7. The Hall–Kier alpha value is -1.30. The Balaban J connectivity index is 1.73. The highest BCUT2D eigenvalue weighted by atomic mass is 32.1. The number of ether oxygens (including phenoxy) is 1. The second-order valence-electron chi connectivity index (χ2n) is 6.04. The minimum Gasteiger partial charge on any atom is -0.465 e. The molecule has 2 fully saturated rings. The summed E-state index contributed by atoms with van der Waals surface area (Å²) >= 11 is 1.24. The summed E-state index contributed by atoms with van der Waals surface area (Å²) in [4.78, 5) is 11.8. The number of nitrogens with two attached hydrogens (primary N) is 1. The summed E-state index contributed by atoms with van der Waals surface area (Å²) in [7, 11) is 1.36. The number of hydrogen-bond acceptors (Lipinski definition) is 6. The van der Waals surface area contributed by atoms with Crippen LogP contribution in [0.3, 0.4) is 0 Å². The van der Waals surface area contributed by atoms with Crippen LogP contribution >= 0.6 is 11.5 Å². The van der Waals surface area contributed by atoms with E-state index < -0.39 is 5.97 Å². The van der Waals surface area contributed by atoms with Crippen molar-refractivity contribution in [2.24, 2.45) is 17.8 Å². The molecule has 20 heavy (non-hydrogen) atoms. The van der Waals surface area contributed by atoms with Gasteiger partial charge in [0.15, 0.2) is 5.82 Å². The predicted octanol–water partition coefficient (Wildman–Crippen LogP) is 2.75. The third-order valence-corrected chi connectivity index (χ3v) is 5.69. The molecule has 2 aliphatic carbocycles. The molecule has 6 heteroatoms. The second-order valence-corrected chi connectivity index (χ2v) is 6.81. The molecular formula is C14H21N3O2S. The summed E-state index contributed by atoms with van der Waals surface area (Å²) < 4.78 is 8.85. The molecule has 1 aromatic rings. The van der Waals surface area contributed by atoms with Crippen LogP contribution in [0.2, 0.25) is 0 Å². The first-order valence-corrected chi connectivity index (χ1v) is 7.97. The smallest absolute Gasteiger partial charge is 0.344 e. The zero-order chi connectivity index (χ0) is 14.3. The molecule has 0 amide bonds. The van der Waals surface area contributed by atoms with E-state index in [-0.39, 0.29) is 5.82 Å². The average molecular weight is 295 g/mol. The number of hydrogen-bond donors (Lipinski definition) is 2. The van der Waals surface area contributed by atoms with E-state index in [2.05, 4.69) is 16.6 Å². The van der Waals surface area contributed by atoms with E-state index in [1.807, 2.05) is 0 Å². The summed E-state index contributed by atoms with van der Waals surface area (Å²) in [6.07, 6.45) is 5.44. The number of carbonyl (C=O) groups is 1. The quantitative estimate of drug-likeness (QED) is 0.835. The van der Waals surface area contributed by atoms with Gasteiger partial charge in [-0.3, -0.25) is 0 Å². The molecule has 4 unspecified atom stereocenters. The van der Waals surface area contributed by atoms with Gasteiger partial charge in [0, 0.05) is 6.04 Å². The van der Waals surface area contributed by atoms with Gasteiger partial charge in [-0.1, -0.05) is 6.42 Å². The normalized spacial score (nSPS) is 29.4. The number of aromatic nitrogens is 1. The Morgan fingerprint density at radius 1 is 1.50 bits per heavy atom. The van der Waals surface area contributed by atoms with Crippen LogP contribution in [0.1, 0.15) is 43.0 Å². The van der Waals surface area contributed by atoms with Crippen LogP contribution in [0.25, 0.3) is 0 Å². The van der Waals surface area contributed by atoms with Crippen molar-refractivity contribution in [2.75, 3.05) is 18.2 Å². The van der Waals surface area contributed by atoms with Gasteiger partial charge < -0.3 is 15.8 Å². The number of nitrogens with zero attached hydrogens (tertiary/aromatic N) is 1. The summed E-state index contributed by atoms with van der Waals surface area (Å²) in [6, 6.07) is 0.341. The summed E-state index contributed by atoms with van der Waals surface area (Å²) in [5.41, 5.74) is 6.15. The molecule has 1 heterocycles. The van der Waals surface area contributed by atoms with Crippen molar-refractivity contribution >= 4 is 28.3 Å². The van der Waals surface area contributed by atoms with Crippen molar-refractivity contribution in [3.8, 4) is 0 Å². The van der Waals surface area contributed by atoms with E-state index in [9.17, 15) is 4.79 Å². The number of methoxy groups -OCH3 is 1. The van der Waals surface area contributed by atoms with Crippen LogP contribution in [0, 0.1) is 17.8 Å². The number of rotatable bonds is 4. The molecule has 0 aliphatic heterocycles. The molecule has 0 aromatic carbocycles. The van der Waals surface area contributed by atoms with Gasteiger partial charge in [-0.15, -0.1) is 0 Å². The van der Waals surface area contributed by atoms with E-state index in [0.29, 0.717) is 17.5 Å². The number of nitrogen functional groups attached to an aromatic ring is 1. The monoisotopic (exact) mass is 295 g/mol. The fraction of sp³-hybridized carbons (Fsp3) is 0.714. The molecule has 0 radical (unpaired) electrons. The Morgan fingerprint density at radius 3 is 2.90 bits per heavy atom. The molecule has 0 saturated heterocycles. The third-order valence-electron chi connectivity index (χ3n) is 4.90. The molecule has 3 N–H and O–H groups in total. The van der Waals surface area contributed by atoms with Gasteiger partial charge in [-0.05, 0) is 55.5 Å². The molecule has 2 saturated carbocycles. The van der Waals surface area contributed by atoms with Crippen LogP contribution in [0.5, 0.6) is 0 Å². The molecular weight excluding hydrogens is 274 g/mol. The highest BCUT2D eigenvalue weighted by Crippen LogP contribution is 2.50. The van der Waals surface area contributed by atoms with Crippen molar-refractivity contribution in [3.05, 3.63) is 5.56 Å². The first-order chi connectivity index (χ1) is 9.60. The van der Waals surface area contributed by atoms with E-state index in [1.54, 1.807) is 0 Å². The molecule has 1 aromatic heterocycles. The van der Waals surface area contributed by atoms with Gasteiger partial charge in [0.25, 0.3) is 0 Å². The SMILES string of the molecule is COC(=O)c1c(N)nsc1NC(C)C1CC2CCC1C2. The average Bonchev–Trinajstić information content (AvgIpc) is 3.13. The predicted molar refractivity (Wildman–Crippen MR) is 79.9 cm³/mol. The topological polar surface area (TPSA) is 77.2 Å². The van der Waals surface area contributed by atoms with E-state index in [1.165, 1.54) is 44.3 Å². The molecule has 2 bridgehead atoms. The van der Waals surface area contributed by atoms with Gasteiger partial charge in [0.05, 0.1) is 7.11 Å². The van der Waals surface area contributed by atoms with Gasteiger partial charge in [-0.25, -0.2) is 4.79 Å². The molecule has 110 valence electrons. The maximum absolute atomic E-state index is 11.8. The number of fused-ring (bicyclic) bond motifs is 2. The van der Waals surface area contributed by atoms with E-state index >= 15 is 0 Å². The Kier molecular flexibility index (Phi) is 3.58. The van der Waals surface area contributed by atoms with Gasteiger partial charge in [-0.2, -0.15) is 4.37 Å². The maximum atomic E-state index is 11.8. The highest BCUT2D eigenvalue weighted by molar-refractivity contribution is 7.11. The lowest BCUT2D eigenvalue weighted by Crippen LogP contribution is -2.30. The highest BCUT2D eigenvalue weighted by Gasteiger charge is 2.42. The van der Waals surface area contributed by atoms with Gasteiger partial charge in [0.1, 0.15) is 10.6 Å². The minimum atomic E-state index is -0.418. The van der Waals surface area contributed by atoms with Crippen molar-refractivity contribution in [2.45, 2.75) is 38.6 Å². The molecule has 3 rings (SSSR count). The molecule has 5 nitrogen and oxygen atoms in total. The Bertz CT molecular complexity index is 517. The fourth-order valence-corrected chi connectivity index (χ4v) is 4.72.